The largest absolute Gasteiger partial charge is 0.462 e. The van der Waals surface area contributed by atoms with Crippen molar-refractivity contribution in [3.63, 3.8) is 0 Å². The molecule has 0 aliphatic heterocycles. The molecule has 1 rings (SSSR count). The minimum atomic E-state index is -0.0213. The fourth-order valence-corrected chi connectivity index (χ4v) is 2.56. The lowest BCUT2D eigenvalue weighted by molar-refractivity contribution is -0.150. The number of carbonyl (C=O) groups excluding carboxylic acids is 1. The van der Waals surface area contributed by atoms with E-state index in [1.807, 2.05) is 0 Å². The standard InChI is InChI=1S/C15H29NO2/c1-15(2,11-12-16)10-9-14(17)18-13-7-5-3-4-6-8-13/h13H,3-12,16H2,1-2H3. The molecule has 1 fully saturated rings. The molecule has 2 N–H and O–H groups in total. The van der Waals surface area contributed by atoms with Crippen LogP contribution in [0.25, 0.3) is 0 Å². The average Bonchev–Trinajstić information content (AvgIpc) is 2.55. The Balaban J connectivity index is 2.24. The van der Waals surface area contributed by atoms with Gasteiger partial charge in [-0.15, -0.1) is 0 Å². The molecule has 18 heavy (non-hydrogen) atoms. The molecule has 0 heterocycles. The summed E-state index contributed by atoms with van der Waals surface area (Å²) in [5.74, 6) is -0.0213. The normalized spacial score (nSPS) is 18.4. The topological polar surface area (TPSA) is 52.3 Å². The number of esters is 1. The summed E-state index contributed by atoms with van der Waals surface area (Å²) in [4.78, 5) is 11.8. The first-order chi connectivity index (χ1) is 8.53. The van der Waals surface area contributed by atoms with Gasteiger partial charge < -0.3 is 10.5 Å². The van der Waals surface area contributed by atoms with Crippen molar-refractivity contribution in [1.29, 1.82) is 0 Å². The minimum Gasteiger partial charge on any atom is -0.462 e. The number of rotatable bonds is 6. The van der Waals surface area contributed by atoms with Gasteiger partial charge in [0.1, 0.15) is 6.10 Å². The Hall–Kier alpha value is -0.570. The number of nitrogens with two attached hydrogens (primary N) is 1. The second-order valence-electron chi connectivity index (χ2n) is 6.31. The van der Waals surface area contributed by atoms with Crippen molar-refractivity contribution in [3.05, 3.63) is 0 Å². The van der Waals surface area contributed by atoms with Crippen LogP contribution in [0.15, 0.2) is 0 Å². The van der Waals surface area contributed by atoms with E-state index in [9.17, 15) is 4.79 Å². The van der Waals surface area contributed by atoms with Gasteiger partial charge in [-0.1, -0.05) is 26.7 Å². The van der Waals surface area contributed by atoms with Crippen LogP contribution in [0.3, 0.4) is 0 Å². The number of carbonyl (C=O) groups is 1. The van der Waals surface area contributed by atoms with E-state index < -0.39 is 0 Å². The van der Waals surface area contributed by atoms with Gasteiger partial charge in [0.05, 0.1) is 0 Å². The van der Waals surface area contributed by atoms with Crippen LogP contribution in [0.2, 0.25) is 0 Å². The first-order valence-electron chi connectivity index (χ1n) is 7.43. The Labute approximate surface area is 111 Å². The van der Waals surface area contributed by atoms with Crippen LogP contribution < -0.4 is 5.73 Å². The predicted molar refractivity (Wildman–Crippen MR) is 74.3 cm³/mol. The molecular weight excluding hydrogens is 226 g/mol. The molecule has 0 bridgehead atoms. The van der Waals surface area contributed by atoms with Crippen LogP contribution in [-0.4, -0.2) is 18.6 Å². The van der Waals surface area contributed by atoms with Gasteiger partial charge in [0.15, 0.2) is 0 Å². The molecule has 0 amide bonds. The van der Waals surface area contributed by atoms with Gasteiger partial charge in [0.25, 0.3) is 0 Å². The highest BCUT2D eigenvalue weighted by Crippen LogP contribution is 2.27. The molecule has 0 saturated heterocycles. The second-order valence-corrected chi connectivity index (χ2v) is 6.31. The third-order valence-corrected chi connectivity index (χ3v) is 3.93. The Bertz CT molecular complexity index is 243. The third-order valence-electron chi connectivity index (χ3n) is 3.93. The lowest BCUT2D eigenvalue weighted by Crippen LogP contribution is -2.21. The van der Waals surface area contributed by atoms with E-state index in [1.165, 1.54) is 25.7 Å². The van der Waals surface area contributed by atoms with E-state index in [1.54, 1.807) is 0 Å². The van der Waals surface area contributed by atoms with Crippen molar-refractivity contribution in [2.75, 3.05) is 6.54 Å². The van der Waals surface area contributed by atoms with Crippen molar-refractivity contribution in [2.24, 2.45) is 11.1 Å². The first kappa shape index (κ1) is 15.5. The summed E-state index contributed by atoms with van der Waals surface area (Å²) < 4.78 is 5.57. The quantitative estimate of drug-likeness (QED) is 0.584. The van der Waals surface area contributed by atoms with Gasteiger partial charge in [0.2, 0.25) is 0 Å². The van der Waals surface area contributed by atoms with Crippen molar-refractivity contribution in [2.45, 2.75) is 77.7 Å². The molecule has 0 aromatic carbocycles. The summed E-state index contributed by atoms with van der Waals surface area (Å²) in [6, 6.07) is 0. The Morgan fingerprint density at radius 2 is 1.78 bits per heavy atom. The highest BCUT2D eigenvalue weighted by Gasteiger charge is 2.21. The molecule has 0 aromatic rings. The maximum Gasteiger partial charge on any atom is 0.306 e. The molecule has 0 radical (unpaired) electrons. The molecule has 0 spiro atoms. The van der Waals surface area contributed by atoms with Gasteiger partial charge in [-0.2, -0.15) is 0 Å². The molecule has 1 saturated carbocycles. The van der Waals surface area contributed by atoms with E-state index in [0.29, 0.717) is 13.0 Å². The zero-order valence-corrected chi connectivity index (χ0v) is 12.0. The second kappa shape index (κ2) is 7.78. The molecule has 1 aliphatic carbocycles. The minimum absolute atomic E-state index is 0.0213. The first-order valence-corrected chi connectivity index (χ1v) is 7.43. The van der Waals surface area contributed by atoms with Crippen LogP contribution in [0.4, 0.5) is 0 Å². The number of ether oxygens (including phenoxy) is 1. The van der Waals surface area contributed by atoms with Gasteiger partial charge in [-0.25, -0.2) is 0 Å². The van der Waals surface area contributed by atoms with Crippen molar-refractivity contribution < 1.29 is 9.53 Å². The van der Waals surface area contributed by atoms with Crippen LogP contribution in [0, 0.1) is 5.41 Å². The smallest absolute Gasteiger partial charge is 0.306 e. The summed E-state index contributed by atoms with van der Waals surface area (Å²) in [5.41, 5.74) is 5.72. The van der Waals surface area contributed by atoms with E-state index >= 15 is 0 Å². The summed E-state index contributed by atoms with van der Waals surface area (Å²) in [6.07, 6.45) is 9.64. The zero-order valence-electron chi connectivity index (χ0n) is 12.0. The summed E-state index contributed by atoms with van der Waals surface area (Å²) in [7, 11) is 0. The SMILES string of the molecule is CC(C)(CCN)CCC(=O)OC1CCCCCC1. The van der Waals surface area contributed by atoms with Gasteiger partial charge in [-0.3, -0.25) is 4.79 Å². The highest BCUT2D eigenvalue weighted by molar-refractivity contribution is 5.69. The van der Waals surface area contributed by atoms with Crippen molar-refractivity contribution in [1.82, 2.24) is 0 Å². The van der Waals surface area contributed by atoms with Crippen LogP contribution in [0.1, 0.15) is 71.6 Å². The van der Waals surface area contributed by atoms with Crippen LogP contribution in [-0.2, 0) is 9.53 Å². The van der Waals surface area contributed by atoms with Gasteiger partial charge >= 0.3 is 5.97 Å². The maximum absolute atomic E-state index is 11.8. The molecule has 0 aromatic heterocycles. The Morgan fingerprint density at radius 3 is 2.33 bits per heavy atom. The fraction of sp³-hybridized carbons (Fsp3) is 0.933. The molecule has 0 atom stereocenters. The lowest BCUT2D eigenvalue weighted by atomic mass is 9.84. The van der Waals surface area contributed by atoms with Crippen molar-refractivity contribution in [3.8, 4) is 0 Å². The van der Waals surface area contributed by atoms with E-state index in [-0.39, 0.29) is 17.5 Å². The molecule has 3 heteroatoms. The van der Waals surface area contributed by atoms with Crippen LogP contribution >= 0.6 is 0 Å². The summed E-state index contributed by atoms with van der Waals surface area (Å²) in [6.45, 7) is 5.02. The third kappa shape index (κ3) is 6.39. The van der Waals surface area contributed by atoms with Gasteiger partial charge in [0, 0.05) is 6.42 Å². The highest BCUT2D eigenvalue weighted by atomic mass is 16.5. The van der Waals surface area contributed by atoms with E-state index in [2.05, 4.69) is 13.8 Å². The fourth-order valence-electron chi connectivity index (χ4n) is 2.56. The van der Waals surface area contributed by atoms with Crippen LogP contribution in [0.5, 0.6) is 0 Å². The molecular formula is C15H29NO2. The predicted octanol–water partition coefficient (Wildman–Crippen LogP) is 3.41. The molecule has 106 valence electrons. The molecule has 1 aliphatic rings. The molecule has 3 nitrogen and oxygen atoms in total. The summed E-state index contributed by atoms with van der Waals surface area (Å²) in [5, 5.41) is 0. The van der Waals surface area contributed by atoms with E-state index in [4.69, 9.17) is 10.5 Å². The monoisotopic (exact) mass is 255 g/mol. The average molecular weight is 255 g/mol. The molecule has 0 unspecified atom stereocenters. The number of hydrogen-bond acceptors (Lipinski definition) is 3. The Kier molecular flexibility index (Phi) is 6.69. The summed E-state index contributed by atoms with van der Waals surface area (Å²) >= 11 is 0. The number of hydrogen-bond donors (Lipinski definition) is 1. The van der Waals surface area contributed by atoms with Gasteiger partial charge in [-0.05, 0) is 50.5 Å². The van der Waals surface area contributed by atoms with E-state index in [0.717, 1.165) is 25.7 Å². The Morgan fingerprint density at radius 1 is 1.17 bits per heavy atom. The van der Waals surface area contributed by atoms with Crippen molar-refractivity contribution >= 4 is 5.97 Å². The lowest BCUT2D eigenvalue weighted by Gasteiger charge is -2.24. The zero-order chi connectivity index (χ0) is 13.4. The maximum atomic E-state index is 11.8.